The largest absolute Gasteiger partial charge is 0.329 e. The molecule has 0 atom stereocenters. The lowest BCUT2D eigenvalue weighted by Gasteiger charge is -2.27. The van der Waals surface area contributed by atoms with Crippen LogP contribution in [0.25, 0.3) is 22.1 Å². The van der Waals surface area contributed by atoms with Crippen LogP contribution in [0.5, 0.6) is 0 Å². The molecule has 9 heteroatoms. The molecule has 2 aromatic heterocycles. The molecule has 0 spiro atoms. The van der Waals surface area contributed by atoms with E-state index in [-0.39, 0.29) is 17.5 Å². The van der Waals surface area contributed by atoms with E-state index in [1.807, 2.05) is 16.0 Å². The van der Waals surface area contributed by atoms with Crippen molar-refractivity contribution in [3.8, 4) is 22.1 Å². The molecule has 5 rings (SSSR count). The third-order valence-corrected chi connectivity index (χ3v) is 5.83. The molecule has 3 heterocycles. The highest BCUT2D eigenvalue weighted by Crippen LogP contribution is 2.29. The first kappa shape index (κ1) is 18.6. The van der Waals surface area contributed by atoms with Gasteiger partial charge in [0.15, 0.2) is 11.6 Å². The van der Waals surface area contributed by atoms with Crippen LogP contribution in [0.2, 0.25) is 0 Å². The lowest BCUT2D eigenvalue weighted by Crippen LogP contribution is -2.38. The van der Waals surface area contributed by atoms with Gasteiger partial charge in [0.05, 0.1) is 6.54 Å². The molecule has 0 fully saturated rings. The highest BCUT2D eigenvalue weighted by atomic mass is 32.1. The summed E-state index contributed by atoms with van der Waals surface area (Å²) in [5.41, 5.74) is 1.81. The topological polar surface area (TPSA) is 63.9 Å². The summed E-state index contributed by atoms with van der Waals surface area (Å²) in [4.78, 5) is 19.0. The van der Waals surface area contributed by atoms with Crippen LogP contribution in [0.4, 0.5) is 8.78 Å². The Morgan fingerprint density at radius 3 is 2.63 bits per heavy atom. The SMILES string of the molecule is O=C(c1ccc(F)cc1)N1CCn2c(nnc2-c2csc(-c3cccc(F)c3)n2)C1. The number of aromatic nitrogens is 4. The molecule has 1 aliphatic heterocycles. The average molecular weight is 423 g/mol. The Kier molecular flexibility index (Phi) is 4.59. The van der Waals surface area contributed by atoms with Gasteiger partial charge >= 0.3 is 0 Å². The average Bonchev–Trinajstić information content (AvgIpc) is 3.40. The van der Waals surface area contributed by atoms with Crippen molar-refractivity contribution in [2.75, 3.05) is 6.54 Å². The number of fused-ring (bicyclic) bond motifs is 1. The minimum atomic E-state index is -0.379. The molecule has 0 N–H and O–H groups in total. The molecule has 0 bridgehead atoms. The molecule has 2 aromatic carbocycles. The van der Waals surface area contributed by atoms with Gasteiger partial charge in [0.1, 0.15) is 22.3 Å². The third kappa shape index (κ3) is 3.37. The molecule has 0 aliphatic carbocycles. The predicted octanol–water partition coefficient (Wildman–Crippen LogP) is 4.00. The van der Waals surface area contributed by atoms with E-state index in [9.17, 15) is 13.6 Å². The minimum absolute atomic E-state index is 0.173. The third-order valence-electron chi connectivity index (χ3n) is 4.94. The molecule has 0 saturated heterocycles. The lowest BCUT2D eigenvalue weighted by atomic mass is 10.2. The molecule has 150 valence electrons. The van der Waals surface area contributed by atoms with E-state index < -0.39 is 0 Å². The molecule has 0 saturated carbocycles. The van der Waals surface area contributed by atoms with E-state index in [0.29, 0.717) is 53.1 Å². The second-order valence-electron chi connectivity index (χ2n) is 6.87. The standard InChI is InChI=1S/C21H15F2N5OS/c22-15-6-4-13(5-7-15)21(29)27-8-9-28-18(11-27)25-26-19(28)17-12-30-20(24-17)14-2-1-3-16(23)10-14/h1-7,10,12H,8-9,11H2. The van der Waals surface area contributed by atoms with E-state index in [2.05, 4.69) is 15.2 Å². The van der Waals surface area contributed by atoms with Crippen molar-refractivity contribution >= 4 is 17.2 Å². The van der Waals surface area contributed by atoms with Crippen molar-refractivity contribution in [3.63, 3.8) is 0 Å². The normalized spacial score (nSPS) is 13.3. The molecular weight excluding hydrogens is 408 g/mol. The Labute approximate surface area is 174 Å². The van der Waals surface area contributed by atoms with Gasteiger partial charge in [-0.3, -0.25) is 4.79 Å². The van der Waals surface area contributed by atoms with Gasteiger partial charge in [-0.25, -0.2) is 13.8 Å². The van der Waals surface area contributed by atoms with Crippen LogP contribution in [0.15, 0.2) is 53.9 Å². The van der Waals surface area contributed by atoms with Crippen LogP contribution < -0.4 is 0 Å². The molecule has 1 aliphatic rings. The van der Waals surface area contributed by atoms with E-state index in [1.165, 1.54) is 47.7 Å². The van der Waals surface area contributed by atoms with E-state index in [1.54, 1.807) is 11.0 Å². The minimum Gasteiger partial charge on any atom is -0.329 e. The Hall–Kier alpha value is -3.46. The Bertz CT molecular complexity index is 1230. The number of amides is 1. The quantitative estimate of drug-likeness (QED) is 0.500. The Balaban J connectivity index is 1.38. The summed E-state index contributed by atoms with van der Waals surface area (Å²) in [5.74, 6) is 0.420. The summed E-state index contributed by atoms with van der Waals surface area (Å²) in [6.45, 7) is 1.32. The van der Waals surface area contributed by atoms with Crippen LogP contribution in [0, 0.1) is 11.6 Å². The maximum atomic E-state index is 13.5. The van der Waals surface area contributed by atoms with Crippen LogP contribution >= 0.6 is 11.3 Å². The number of rotatable bonds is 3. The van der Waals surface area contributed by atoms with Gasteiger partial charge in [-0.2, -0.15) is 0 Å². The summed E-state index contributed by atoms with van der Waals surface area (Å²) < 4.78 is 28.6. The molecule has 30 heavy (non-hydrogen) atoms. The van der Waals surface area contributed by atoms with Crippen LogP contribution in [0.1, 0.15) is 16.2 Å². The maximum absolute atomic E-state index is 13.5. The summed E-state index contributed by atoms with van der Waals surface area (Å²) in [6, 6.07) is 11.8. The predicted molar refractivity (Wildman–Crippen MR) is 108 cm³/mol. The zero-order valence-electron chi connectivity index (χ0n) is 15.6. The van der Waals surface area contributed by atoms with Crippen molar-refractivity contribution in [1.29, 1.82) is 0 Å². The van der Waals surface area contributed by atoms with Crippen molar-refractivity contribution in [2.24, 2.45) is 0 Å². The number of benzene rings is 2. The number of halogens is 2. The first-order valence-corrected chi connectivity index (χ1v) is 10.2. The molecule has 0 unspecified atom stereocenters. The maximum Gasteiger partial charge on any atom is 0.254 e. The number of thiazole rings is 1. The van der Waals surface area contributed by atoms with Crippen molar-refractivity contribution < 1.29 is 13.6 Å². The summed E-state index contributed by atoms with van der Waals surface area (Å²) in [7, 11) is 0. The fraction of sp³-hybridized carbons (Fsp3) is 0.143. The summed E-state index contributed by atoms with van der Waals surface area (Å²) >= 11 is 1.41. The molecular formula is C21H15F2N5OS. The van der Waals surface area contributed by atoms with Gasteiger partial charge in [-0.05, 0) is 36.4 Å². The zero-order chi connectivity index (χ0) is 20.7. The smallest absolute Gasteiger partial charge is 0.254 e. The van der Waals surface area contributed by atoms with Crippen LogP contribution in [-0.2, 0) is 13.1 Å². The monoisotopic (exact) mass is 423 g/mol. The Morgan fingerprint density at radius 2 is 1.83 bits per heavy atom. The number of hydrogen-bond acceptors (Lipinski definition) is 5. The fourth-order valence-corrected chi connectivity index (χ4v) is 4.22. The zero-order valence-corrected chi connectivity index (χ0v) is 16.4. The molecule has 1 amide bonds. The first-order valence-electron chi connectivity index (χ1n) is 9.27. The molecule has 4 aromatic rings. The lowest BCUT2D eigenvalue weighted by molar-refractivity contribution is 0.0708. The van der Waals surface area contributed by atoms with E-state index in [0.717, 1.165) is 0 Å². The second-order valence-corrected chi connectivity index (χ2v) is 7.73. The number of nitrogens with zero attached hydrogens (tertiary/aromatic N) is 5. The van der Waals surface area contributed by atoms with Crippen molar-refractivity contribution in [2.45, 2.75) is 13.1 Å². The fourth-order valence-electron chi connectivity index (χ4n) is 3.43. The molecule has 0 radical (unpaired) electrons. The van der Waals surface area contributed by atoms with Crippen molar-refractivity contribution in [1.82, 2.24) is 24.6 Å². The highest BCUT2D eigenvalue weighted by molar-refractivity contribution is 7.13. The van der Waals surface area contributed by atoms with Gasteiger partial charge in [-0.1, -0.05) is 12.1 Å². The van der Waals surface area contributed by atoms with Crippen LogP contribution in [-0.4, -0.2) is 37.1 Å². The number of carbonyl (C=O) groups excluding carboxylic acids is 1. The van der Waals surface area contributed by atoms with Crippen molar-refractivity contribution in [3.05, 3.63) is 76.9 Å². The van der Waals surface area contributed by atoms with E-state index >= 15 is 0 Å². The van der Waals surface area contributed by atoms with Gasteiger partial charge < -0.3 is 9.47 Å². The summed E-state index contributed by atoms with van der Waals surface area (Å²) in [5, 5.41) is 11.1. The van der Waals surface area contributed by atoms with Gasteiger partial charge in [-0.15, -0.1) is 21.5 Å². The highest BCUT2D eigenvalue weighted by Gasteiger charge is 2.26. The van der Waals surface area contributed by atoms with Gasteiger partial charge in [0, 0.05) is 29.6 Å². The number of hydrogen-bond donors (Lipinski definition) is 0. The van der Waals surface area contributed by atoms with Gasteiger partial charge in [0.25, 0.3) is 5.91 Å². The van der Waals surface area contributed by atoms with E-state index in [4.69, 9.17) is 0 Å². The number of carbonyl (C=O) groups is 1. The Morgan fingerprint density at radius 1 is 1.00 bits per heavy atom. The summed E-state index contributed by atoms with van der Waals surface area (Å²) in [6.07, 6.45) is 0. The van der Waals surface area contributed by atoms with Gasteiger partial charge in [0.2, 0.25) is 0 Å². The molecule has 6 nitrogen and oxygen atoms in total. The first-order chi connectivity index (χ1) is 14.6. The second kappa shape index (κ2) is 7.42. The van der Waals surface area contributed by atoms with Crippen LogP contribution in [0.3, 0.4) is 0 Å².